The smallest absolute Gasteiger partial charge is 0.175 e. The summed E-state index contributed by atoms with van der Waals surface area (Å²) in [7, 11) is 0. The van der Waals surface area contributed by atoms with Gasteiger partial charge in [-0.2, -0.15) is 0 Å². The van der Waals surface area contributed by atoms with Crippen molar-refractivity contribution in [2.75, 3.05) is 0 Å². The summed E-state index contributed by atoms with van der Waals surface area (Å²) in [5, 5.41) is 0. The van der Waals surface area contributed by atoms with Crippen LogP contribution in [-0.4, -0.2) is 12.0 Å². The Morgan fingerprint density at radius 1 is 1.15 bits per heavy atom. The van der Waals surface area contributed by atoms with Crippen LogP contribution >= 0.6 is 0 Å². The molecule has 1 aromatic carbocycles. The fraction of sp³-hybridized carbons (Fsp3) is 0.364. The van der Waals surface area contributed by atoms with Gasteiger partial charge in [0.25, 0.3) is 0 Å². The zero-order valence-corrected chi connectivity index (χ0v) is 8.32. The van der Waals surface area contributed by atoms with Gasteiger partial charge in [-0.1, -0.05) is 18.2 Å². The molecule has 0 radical (unpaired) electrons. The number of hydrogen-bond donors (Lipinski definition) is 0. The number of nitrogens with zero attached hydrogens (tertiary/aromatic N) is 1. The molecule has 0 heterocycles. The van der Waals surface area contributed by atoms with Crippen molar-refractivity contribution in [3.05, 3.63) is 30.3 Å². The van der Waals surface area contributed by atoms with Crippen LogP contribution in [0, 0.1) is 0 Å². The maximum atomic E-state index is 5.34. The third kappa shape index (κ3) is 4.31. The molecule has 0 atom stereocenters. The maximum absolute atomic E-state index is 5.34. The Hall–Kier alpha value is -1.31. The second-order valence-corrected chi connectivity index (χ2v) is 3.80. The summed E-state index contributed by atoms with van der Waals surface area (Å²) in [6, 6.07) is 9.72. The lowest BCUT2D eigenvalue weighted by Gasteiger charge is -2.16. The number of para-hydroxylation sites is 1. The zero-order chi connectivity index (χ0) is 9.73. The van der Waals surface area contributed by atoms with E-state index in [1.807, 2.05) is 51.1 Å². The topological polar surface area (TPSA) is 21.6 Å². The van der Waals surface area contributed by atoms with E-state index < -0.39 is 0 Å². The maximum Gasteiger partial charge on any atom is 0.175 e. The van der Waals surface area contributed by atoms with Crippen LogP contribution in [0.25, 0.3) is 0 Å². The standard InChI is InChI=1S/C11H15NO/c1-11(2,3)13-9-12-10-7-5-4-6-8-10/h4-9H,1-3H3. The number of rotatable bonds is 2. The molecule has 0 bridgehead atoms. The number of hydrogen-bond acceptors (Lipinski definition) is 2. The molecule has 0 N–H and O–H groups in total. The summed E-state index contributed by atoms with van der Waals surface area (Å²) in [6.07, 6.45) is 1.50. The molecule has 0 aliphatic carbocycles. The van der Waals surface area contributed by atoms with Crippen LogP contribution in [0.4, 0.5) is 5.69 Å². The molecule has 0 spiro atoms. The SMILES string of the molecule is CC(C)(C)OC=Nc1ccccc1. The molecular formula is C11H15NO. The minimum Gasteiger partial charge on any atom is -0.478 e. The van der Waals surface area contributed by atoms with Gasteiger partial charge < -0.3 is 4.74 Å². The van der Waals surface area contributed by atoms with Gasteiger partial charge in [-0.05, 0) is 32.9 Å². The molecule has 0 amide bonds. The molecule has 13 heavy (non-hydrogen) atoms. The van der Waals surface area contributed by atoms with Crippen molar-refractivity contribution in [2.45, 2.75) is 26.4 Å². The first-order valence-corrected chi connectivity index (χ1v) is 4.33. The van der Waals surface area contributed by atoms with Gasteiger partial charge in [0, 0.05) is 0 Å². The summed E-state index contributed by atoms with van der Waals surface area (Å²) in [6.45, 7) is 5.97. The third-order valence-electron chi connectivity index (χ3n) is 1.36. The Morgan fingerprint density at radius 2 is 1.77 bits per heavy atom. The van der Waals surface area contributed by atoms with E-state index in [0.29, 0.717) is 0 Å². The van der Waals surface area contributed by atoms with E-state index in [4.69, 9.17) is 4.74 Å². The summed E-state index contributed by atoms with van der Waals surface area (Å²) in [5.74, 6) is 0. The highest BCUT2D eigenvalue weighted by atomic mass is 16.5. The van der Waals surface area contributed by atoms with E-state index in [0.717, 1.165) is 5.69 Å². The van der Waals surface area contributed by atoms with Crippen molar-refractivity contribution in [3.8, 4) is 0 Å². The summed E-state index contributed by atoms with van der Waals surface area (Å²) in [5.41, 5.74) is 0.741. The molecule has 0 aliphatic rings. The molecule has 1 rings (SSSR count). The van der Waals surface area contributed by atoms with Crippen molar-refractivity contribution in [1.29, 1.82) is 0 Å². The van der Waals surface area contributed by atoms with Crippen molar-refractivity contribution in [2.24, 2.45) is 4.99 Å². The van der Waals surface area contributed by atoms with E-state index >= 15 is 0 Å². The third-order valence-corrected chi connectivity index (χ3v) is 1.36. The molecule has 0 fully saturated rings. The molecule has 0 unspecified atom stereocenters. The van der Waals surface area contributed by atoms with Crippen LogP contribution < -0.4 is 0 Å². The fourth-order valence-corrected chi connectivity index (χ4v) is 0.759. The normalized spacial score (nSPS) is 11.9. The van der Waals surface area contributed by atoms with E-state index in [1.54, 1.807) is 0 Å². The summed E-state index contributed by atoms with van der Waals surface area (Å²) < 4.78 is 5.34. The highest BCUT2D eigenvalue weighted by Gasteiger charge is 2.07. The van der Waals surface area contributed by atoms with E-state index in [2.05, 4.69) is 4.99 Å². The minimum atomic E-state index is -0.168. The van der Waals surface area contributed by atoms with Gasteiger partial charge in [-0.3, -0.25) is 0 Å². The number of aliphatic imine (C=N–C) groups is 1. The lowest BCUT2D eigenvalue weighted by Crippen LogP contribution is -2.17. The monoisotopic (exact) mass is 177 g/mol. The van der Waals surface area contributed by atoms with Gasteiger partial charge in [-0.15, -0.1) is 0 Å². The first-order valence-electron chi connectivity index (χ1n) is 4.33. The van der Waals surface area contributed by atoms with Crippen LogP contribution in [-0.2, 0) is 4.74 Å². The van der Waals surface area contributed by atoms with Gasteiger partial charge in [0.2, 0.25) is 0 Å². The first-order chi connectivity index (χ1) is 6.08. The molecular weight excluding hydrogens is 162 g/mol. The highest BCUT2D eigenvalue weighted by Crippen LogP contribution is 2.10. The van der Waals surface area contributed by atoms with E-state index in [9.17, 15) is 0 Å². The molecule has 0 aromatic heterocycles. The largest absolute Gasteiger partial charge is 0.478 e. The molecule has 1 aromatic rings. The quantitative estimate of drug-likeness (QED) is 0.502. The zero-order valence-electron chi connectivity index (χ0n) is 8.32. The molecule has 0 saturated carbocycles. The molecule has 0 aliphatic heterocycles. The van der Waals surface area contributed by atoms with Crippen LogP contribution in [0.3, 0.4) is 0 Å². The molecule has 70 valence electrons. The average molecular weight is 177 g/mol. The molecule has 2 nitrogen and oxygen atoms in total. The van der Waals surface area contributed by atoms with Crippen LogP contribution in [0.5, 0.6) is 0 Å². The minimum absolute atomic E-state index is 0.168. The van der Waals surface area contributed by atoms with Crippen molar-refractivity contribution in [3.63, 3.8) is 0 Å². The van der Waals surface area contributed by atoms with Gasteiger partial charge in [0.05, 0.1) is 5.69 Å². The Labute approximate surface area is 79.3 Å². The Balaban J connectivity index is 2.51. The van der Waals surface area contributed by atoms with E-state index in [1.165, 1.54) is 6.40 Å². The highest BCUT2D eigenvalue weighted by molar-refractivity contribution is 5.55. The second-order valence-electron chi connectivity index (χ2n) is 3.80. The summed E-state index contributed by atoms with van der Waals surface area (Å²) in [4.78, 5) is 4.14. The summed E-state index contributed by atoms with van der Waals surface area (Å²) >= 11 is 0. The number of benzene rings is 1. The van der Waals surface area contributed by atoms with E-state index in [-0.39, 0.29) is 5.60 Å². The molecule has 2 heteroatoms. The fourth-order valence-electron chi connectivity index (χ4n) is 0.759. The number of ether oxygens (including phenoxy) is 1. The van der Waals surface area contributed by atoms with Crippen molar-refractivity contribution >= 4 is 12.1 Å². The second kappa shape index (κ2) is 4.08. The Kier molecular flexibility index (Phi) is 3.07. The Morgan fingerprint density at radius 3 is 2.31 bits per heavy atom. The predicted octanol–water partition coefficient (Wildman–Crippen LogP) is 3.16. The van der Waals surface area contributed by atoms with Gasteiger partial charge in [0.1, 0.15) is 5.60 Å². The molecule has 0 saturated heterocycles. The average Bonchev–Trinajstić information content (AvgIpc) is 2.04. The van der Waals surface area contributed by atoms with Crippen molar-refractivity contribution < 1.29 is 4.74 Å². The Bertz CT molecular complexity index is 272. The van der Waals surface area contributed by atoms with Crippen molar-refractivity contribution in [1.82, 2.24) is 0 Å². The first kappa shape index (κ1) is 9.78. The van der Waals surface area contributed by atoms with Crippen LogP contribution in [0.15, 0.2) is 35.3 Å². The predicted molar refractivity (Wildman–Crippen MR) is 55.4 cm³/mol. The van der Waals surface area contributed by atoms with Crippen LogP contribution in [0.1, 0.15) is 20.8 Å². The van der Waals surface area contributed by atoms with Gasteiger partial charge in [-0.25, -0.2) is 4.99 Å². The van der Waals surface area contributed by atoms with Gasteiger partial charge >= 0.3 is 0 Å². The van der Waals surface area contributed by atoms with Crippen LogP contribution in [0.2, 0.25) is 0 Å². The lowest BCUT2D eigenvalue weighted by atomic mass is 10.2. The van der Waals surface area contributed by atoms with Gasteiger partial charge in [0.15, 0.2) is 6.40 Å². The lowest BCUT2D eigenvalue weighted by molar-refractivity contribution is 0.127.